The van der Waals surface area contributed by atoms with E-state index in [-0.39, 0.29) is 12.1 Å². The first-order valence-electron chi connectivity index (χ1n) is 11.6. The molecule has 164 valence electrons. The molecule has 1 saturated heterocycles. The first kappa shape index (κ1) is 19.3. The first-order valence-corrected chi connectivity index (χ1v) is 11.6. The largest absolute Gasteiger partial charge is 0.465 e. The maximum absolute atomic E-state index is 12.1. The van der Waals surface area contributed by atoms with Crippen LogP contribution >= 0.6 is 0 Å². The van der Waals surface area contributed by atoms with Crippen LogP contribution in [0.5, 0.6) is 0 Å². The number of carbonyl (C=O) groups is 1. The topological polar surface area (TPSA) is 98.6 Å². The zero-order valence-corrected chi connectivity index (χ0v) is 17.9. The van der Waals surface area contributed by atoms with Crippen molar-refractivity contribution in [3.05, 3.63) is 30.1 Å². The van der Waals surface area contributed by atoms with Gasteiger partial charge in [0.15, 0.2) is 0 Å². The number of fused-ring (bicyclic) bond motifs is 1. The maximum atomic E-state index is 12.1. The molecule has 5 fully saturated rings. The van der Waals surface area contributed by atoms with Crippen molar-refractivity contribution < 1.29 is 15.0 Å². The summed E-state index contributed by atoms with van der Waals surface area (Å²) in [5, 5.41) is 25.6. The lowest BCUT2D eigenvalue weighted by molar-refractivity contribution is -0.162. The van der Waals surface area contributed by atoms with Crippen LogP contribution in [0.3, 0.4) is 0 Å². The SMILES string of the molecule is Cc1nccc2nc(NC3CCN(C(=O)O)[C@@H]3C3C4CC5C[C@H]3CC(O)(C5)C4)ccc12. The summed E-state index contributed by atoms with van der Waals surface area (Å²) in [7, 11) is 0. The summed E-state index contributed by atoms with van der Waals surface area (Å²) in [5.74, 6) is 2.57. The van der Waals surface area contributed by atoms with Gasteiger partial charge >= 0.3 is 6.09 Å². The van der Waals surface area contributed by atoms with Gasteiger partial charge in [0.2, 0.25) is 0 Å². The molecule has 3 N–H and O–H groups in total. The molecule has 2 aromatic heterocycles. The molecule has 0 aromatic carbocycles. The van der Waals surface area contributed by atoms with Crippen LogP contribution in [0.15, 0.2) is 24.4 Å². The third-order valence-electron chi connectivity index (χ3n) is 8.56. The summed E-state index contributed by atoms with van der Waals surface area (Å²) < 4.78 is 0. The summed E-state index contributed by atoms with van der Waals surface area (Å²) >= 11 is 0. The Balaban J connectivity index is 1.31. The molecule has 0 radical (unpaired) electrons. The second kappa shape index (κ2) is 6.79. The minimum atomic E-state index is -0.824. The zero-order chi connectivity index (χ0) is 21.3. The number of hydrogen-bond acceptors (Lipinski definition) is 5. The van der Waals surface area contributed by atoms with Crippen molar-refractivity contribution in [2.45, 2.75) is 63.1 Å². The second-order valence-corrected chi connectivity index (χ2v) is 10.4. The average Bonchev–Trinajstić information content (AvgIpc) is 3.10. The van der Waals surface area contributed by atoms with Crippen molar-refractivity contribution in [2.24, 2.45) is 23.7 Å². The van der Waals surface area contributed by atoms with Gasteiger partial charge in [-0.1, -0.05) is 0 Å². The lowest BCUT2D eigenvalue weighted by Gasteiger charge is -2.60. The highest BCUT2D eigenvalue weighted by molar-refractivity contribution is 5.82. The van der Waals surface area contributed by atoms with E-state index in [9.17, 15) is 15.0 Å². The zero-order valence-electron chi connectivity index (χ0n) is 17.9. The Morgan fingerprint density at radius 1 is 1.19 bits per heavy atom. The predicted molar refractivity (Wildman–Crippen MR) is 117 cm³/mol. The number of nitrogens with zero attached hydrogens (tertiary/aromatic N) is 3. The molecular formula is C24H30N4O3. The van der Waals surface area contributed by atoms with Gasteiger partial charge < -0.3 is 20.4 Å². The van der Waals surface area contributed by atoms with Gasteiger partial charge in [0, 0.05) is 23.8 Å². The Bertz CT molecular complexity index is 1030. The maximum Gasteiger partial charge on any atom is 0.407 e. The van der Waals surface area contributed by atoms with Crippen LogP contribution in [0.1, 0.15) is 44.2 Å². The molecule has 3 heterocycles. The highest BCUT2D eigenvalue weighted by Crippen LogP contribution is 2.60. The molecule has 4 bridgehead atoms. The predicted octanol–water partition coefficient (Wildman–Crippen LogP) is 3.66. The van der Waals surface area contributed by atoms with Gasteiger partial charge in [0.1, 0.15) is 5.82 Å². The Morgan fingerprint density at radius 3 is 2.68 bits per heavy atom. The minimum absolute atomic E-state index is 0.0427. The number of aromatic nitrogens is 2. The summed E-state index contributed by atoms with van der Waals surface area (Å²) in [6.07, 6.45) is 6.63. The number of carboxylic acid groups (broad SMARTS) is 1. The molecule has 4 saturated carbocycles. The van der Waals surface area contributed by atoms with Crippen molar-refractivity contribution >= 4 is 22.8 Å². The van der Waals surface area contributed by atoms with Crippen LogP contribution in [-0.4, -0.2) is 55.4 Å². The number of rotatable bonds is 3. The highest BCUT2D eigenvalue weighted by atomic mass is 16.4. The van der Waals surface area contributed by atoms with Gasteiger partial charge in [-0.15, -0.1) is 0 Å². The van der Waals surface area contributed by atoms with E-state index >= 15 is 0 Å². The van der Waals surface area contributed by atoms with Crippen LogP contribution in [-0.2, 0) is 0 Å². The van der Waals surface area contributed by atoms with Crippen LogP contribution in [0.2, 0.25) is 0 Å². The fourth-order valence-electron chi connectivity index (χ4n) is 7.72. The standard InChI is InChI=1S/C24H30N4O3/c1-13-17-2-3-20(26-18(17)4-6-25-13)27-19-5-7-28(23(29)30)22(19)21-15-8-14-9-16(21)12-24(31,10-14)11-15/h2-4,6,14-16,19,21-22,31H,5,7-12H2,1H3,(H,26,27)(H,29,30)/t14?,15-,16?,19?,21?,22-,24?/m0/s1. The van der Waals surface area contributed by atoms with E-state index in [0.29, 0.717) is 30.2 Å². The summed E-state index contributed by atoms with van der Waals surface area (Å²) in [6, 6.07) is 5.93. The molecule has 7 nitrogen and oxygen atoms in total. The van der Waals surface area contributed by atoms with Crippen LogP contribution in [0.4, 0.5) is 10.6 Å². The number of anilines is 1. The van der Waals surface area contributed by atoms with Crippen LogP contribution in [0.25, 0.3) is 10.9 Å². The van der Waals surface area contributed by atoms with E-state index in [1.54, 1.807) is 11.1 Å². The number of amides is 1. The fraction of sp³-hybridized carbons (Fsp3) is 0.625. The Kier molecular flexibility index (Phi) is 4.23. The summed E-state index contributed by atoms with van der Waals surface area (Å²) in [5.41, 5.74) is 1.35. The molecule has 7 rings (SSSR count). The lowest BCUT2D eigenvalue weighted by Crippen LogP contribution is -2.61. The number of pyridine rings is 2. The Labute approximate surface area is 181 Å². The summed E-state index contributed by atoms with van der Waals surface area (Å²) in [6.45, 7) is 2.53. The molecule has 1 amide bonds. The molecule has 5 aliphatic rings. The normalized spacial score (nSPS) is 38.7. The molecule has 4 aliphatic carbocycles. The van der Waals surface area contributed by atoms with E-state index in [4.69, 9.17) is 4.98 Å². The van der Waals surface area contributed by atoms with Gasteiger partial charge in [-0.25, -0.2) is 9.78 Å². The third kappa shape index (κ3) is 3.08. The van der Waals surface area contributed by atoms with Gasteiger partial charge in [-0.3, -0.25) is 4.98 Å². The van der Waals surface area contributed by atoms with Crippen molar-refractivity contribution in [3.63, 3.8) is 0 Å². The lowest BCUT2D eigenvalue weighted by atomic mass is 9.48. The molecule has 1 aliphatic heterocycles. The molecule has 7 heteroatoms. The fourth-order valence-corrected chi connectivity index (χ4v) is 7.72. The van der Waals surface area contributed by atoms with E-state index < -0.39 is 11.7 Å². The molecular weight excluding hydrogens is 392 g/mol. The van der Waals surface area contributed by atoms with Crippen molar-refractivity contribution in [2.75, 3.05) is 11.9 Å². The van der Waals surface area contributed by atoms with Crippen LogP contribution < -0.4 is 5.32 Å². The van der Waals surface area contributed by atoms with Crippen molar-refractivity contribution in [1.82, 2.24) is 14.9 Å². The number of hydrogen-bond donors (Lipinski definition) is 3. The Morgan fingerprint density at radius 2 is 1.97 bits per heavy atom. The third-order valence-corrected chi connectivity index (χ3v) is 8.56. The van der Waals surface area contributed by atoms with E-state index in [1.807, 2.05) is 25.1 Å². The average molecular weight is 423 g/mol. The highest BCUT2D eigenvalue weighted by Gasteiger charge is 2.59. The van der Waals surface area contributed by atoms with Crippen LogP contribution in [0, 0.1) is 30.6 Å². The van der Waals surface area contributed by atoms with E-state index in [0.717, 1.165) is 60.9 Å². The van der Waals surface area contributed by atoms with Crippen molar-refractivity contribution in [3.8, 4) is 0 Å². The molecule has 31 heavy (non-hydrogen) atoms. The number of nitrogens with one attached hydrogen (secondary N) is 1. The quantitative estimate of drug-likeness (QED) is 0.698. The first-order chi connectivity index (χ1) is 14.9. The van der Waals surface area contributed by atoms with Gasteiger partial charge in [0.05, 0.1) is 23.2 Å². The van der Waals surface area contributed by atoms with Gasteiger partial charge in [-0.05, 0) is 87.3 Å². The smallest absolute Gasteiger partial charge is 0.407 e. The molecule has 7 atom stereocenters. The number of aliphatic hydroxyl groups is 1. The monoisotopic (exact) mass is 422 g/mol. The molecule has 5 unspecified atom stereocenters. The Hall–Kier alpha value is -2.41. The molecule has 0 spiro atoms. The van der Waals surface area contributed by atoms with Gasteiger partial charge in [0.25, 0.3) is 0 Å². The summed E-state index contributed by atoms with van der Waals surface area (Å²) in [4.78, 5) is 22.9. The van der Waals surface area contributed by atoms with Crippen molar-refractivity contribution in [1.29, 1.82) is 0 Å². The van der Waals surface area contributed by atoms with Gasteiger partial charge in [-0.2, -0.15) is 0 Å². The second-order valence-electron chi connectivity index (χ2n) is 10.4. The minimum Gasteiger partial charge on any atom is -0.465 e. The molecule has 2 aromatic rings. The number of likely N-dealkylation sites (tertiary alicyclic amines) is 1. The van der Waals surface area contributed by atoms with E-state index in [1.165, 1.54) is 0 Å². The van der Waals surface area contributed by atoms with E-state index in [2.05, 4.69) is 10.3 Å². The number of aryl methyl sites for hydroxylation is 1.